The van der Waals surface area contributed by atoms with Gasteiger partial charge in [-0.3, -0.25) is 0 Å². The monoisotopic (exact) mass is 457 g/mol. The predicted octanol–water partition coefficient (Wildman–Crippen LogP) is 5.22. The zero-order valence-electron chi connectivity index (χ0n) is 19.3. The van der Waals surface area contributed by atoms with E-state index in [2.05, 4.69) is 4.90 Å². The number of piperazine rings is 1. The number of para-hydroxylation sites is 2. The van der Waals surface area contributed by atoms with E-state index in [1.54, 1.807) is 12.0 Å². The summed E-state index contributed by atoms with van der Waals surface area (Å²) < 4.78 is 17.2. The second-order valence-corrected chi connectivity index (χ2v) is 8.40. The van der Waals surface area contributed by atoms with Crippen LogP contribution in [-0.2, 0) is 11.3 Å². The van der Waals surface area contributed by atoms with Crippen molar-refractivity contribution < 1.29 is 19.0 Å². The van der Waals surface area contributed by atoms with Crippen molar-refractivity contribution in [2.45, 2.75) is 19.6 Å². The van der Waals surface area contributed by atoms with Crippen molar-refractivity contribution in [2.24, 2.45) is 4.99 Å². The third-order valence-corrected chi connectivity index (χ3v) is 6.11. The fraction of sp³-hybridized carbons (Fsp3) is 0.259. The van der Waals surface area contributed by atoms with Gasteiger partial charge in [0, 0.05) is 25.7 Å². The Hall–Kier alpha value is -4.00. The minimum atomic E-state index is -0.297. The van der Waals surface area contributed by atoms with E-state index in [1.165, 1.54) is 0 Å². The number of fused-ring (bicyclic) bond motifs is 2. The van der Waals surface area contributed by atoms with Crippen LogP contribution in [-0.4, -0.2) is 54.5 Å². The summed E-state index contributed by atoms with van der Waals surface area (Å²) in [6.07, 6.45) is -0.297. The SMILES string of the molecule is COc1ccc2c(c1)C(N1CCN(C(=O)OCc3ccccc3)C(C)C1)=Nc1ccccc1O2. The molecule has 1 amide bonds. The number of carbonyl (C=O) groups is 1. The van der Waals surface area contributed by atoms with E-state index in [0.717, 1.165) is 34.1 Å². The number of carbonyl (C=O) groups excluding carboxylic acids is 1. The maximum absolute atomic E-state index is 12.8. The molecule has 0 aliphatic carbocycles. The first-order valence-corrected chi connectivity index (χ1v) is 11.4. The van der Waals surface area contributed by atoms with Crippen LogP contribution in [0.4, 0.5) is 10.5 Å². The van der Waals surface area contributed by atoms with E-state index in [0.29, 0.717) is 25.4 Å². The van der Waals surface area contributed by atoms with Gasteiger partial charge in [0.25, 0.3) is 0 Å². The smallest absolute Gasteiger partial charge is 0.410 e. The summed E-state index contributed by atoms with van der Waals surface area (Å²) in [6.45, 7) is 4.08. The summed E-state index contributed by atoms with van der Waals surface area (Å²) in [5.41, 5.74) is 2.60. The van der Waals surface area contributed by atoms with E-state index in [-0.39, 0.29) is 18.7 Å². The van der Waals surface area contributed by atoms with Gasteiger partial charge < -0.3 is 24.0 Å². The Balaban J connectivity index is 1.37. The number of amides is 1. The molecule has 1 unspecified atom stereocenters. The van der Waals surface area contributed by atoms with Crippen molar-refractivity contribution in [2.75, 3.05) is 26.7 Å². The minimum absolute atomic E-state index is 0.0480. The Morgan fingerprint density at radius 3 is 2.62 bits per heavy atom. The summed E-state index contributed by atoms with van der Waals surface area (Å²) >= 11 is 0. The normalized spacial score (nSPS) is 17.0. The number of benzene rings is 3. The second-order valence-electron chi connectivity index (χ2n) is 8.40. The molecule has 3 aromatic rings. The van der Waals surface area contributed by atoms with Gasteiger partial charge in [0.2, 0.25) is 0 Å². The molecule has 1 atom stereocenters. The molecule has 0 saturated carbocycles. The first-order chi connectivity index (χ1) is 16.6. The first-order valence-electron chi connectivity index (χ1n) is 11.4. The molecule has 0 radical (unpaired) electrons. The van der Waals surface area contributed by atoms with Crippen LogP contribution < -0.4 is 9.47 Å². The Kier molecular flexibility index (Phi) is 6.08. The van der Waals surface area contributed by atoms with Crippen LogP contribution in [0.5, 0.6) is 17.2 Å². The molecule has 7 heteroatoms. The molecule has 1 fully saturated rings. The first kappa shape index (κ1) is 21.8. The van der Waals surface area contributed by atoms with E-state index >= 15 is 0 Å². The van der Waals surface area contributed by atoms with Crippen LogP contribution in [0, 0.1) is 0 Å². The van der Waals surface area contributed by atoms with Gasteiger partial charge in [-0.15, -0.1) is 0 Å². The minimum Gasteiger partial charge on any atom is -0.497 e. The van der Waals surface area contributed by atoms with Gasteiger partial charge >= 0.3 is 6.09 Å². The van der Waals surface area contributed by atoms with E-state index in [4.69, 9.17) is 19.2 Å². The van der Waals surface area contributed by atoms with Crippen molar-refractivity contribution in [1.29, 1.82) is 0 Å². The number of hydrogen-bond donors (Lipinski definition) is 0. The van der Waals surface area contributed by atoms with Crippen LogP contribution >= 0.6 is 0 Å². The molecule has 2 aliphatic rings. The number of hydrogen-bond acceptors (Lipinski definition) is 6. The molecular weight excluding hydrogens is 430 g/mol. The molecule has 174 valence electrons. The fourth-order valence-corrected chi connectivity index (χ4v) is 4.29. The summed E-state index contributed by atoms with van der Waals surface area (Å²) in [6, 6.07) is 23.2. The zero-order chi connectivity index (χ0) is 23.5. The zero-order valence-corrected chi connectivity index (χ0v) is 19.3. The molecular formula is C27H27N3O4. The van der Waals surface area contributed by atoms with Gasteiger partial charge in [-0.1, -0.05) is 42.5 Å². The molecule has 0 aromatic heterocycles. The average Bonchev–Trinajstić information content (AvgIpc) is 3.04. The third-order valence-electron chi connectivity index (χ3n) is 6.11. The molecule has 1 saturated heterocycles. The third kappa shape index (κ3) is 4.41. The highest BCUT2D eigenvalue weighted by atomic mass is 16.6. The quantitative estimate of drug-likeness (QED) is 0.539. The number of methoxy groups -OCH3 is 1. The summed E-state index contributed by atoms with van der Waals surface area (Å²) in [5.74, 6) is 2.97. The largest absolute Gasteiger partial charge is 0.497 e. The lowest BCUT2D eigenvalue weighted by molar-refractivity contribution is 0.0624. The van der Waals surface area contributed by atoms with Gasteiger partial charge in [0.05, 0.1) is 12.7 Å². The Morgan fingerprint density at radius 2 is 1.82 bits per heavy atom. The summed E-state index contributed by atoms with van der Waals surface area (Å²) in [5, 5.41) is 0. The molecule has 3 aromatic carbocycles. The maximum Gasteiger partial charge on any atom is 0.410 e. The van der Waals surface area contributed by atoms with Gasteiger partial charge in [0.15, 0.2) is 5.75 Å². The van der Waals surface area contributed by atoms with Crippen LogP contribution in [0.3, 0.4) is 0 Å². The molecule has 2 heterocycles. The summed E-state index contributed by atoms with van der Waals surface area (Å²) in [7, 11) is 1.65. The van der Waals surface area contributed by atoms with Crippen molar-refractivity contribution in [3.63, 3.8) is 0 Å². The topological polar surface area (TPSA) is 63.6 Å². The molecule has 34 heavy (non-hydrogen) atoms. The molecule has 0 N–H and O–H groups in total. The van der Waals surface area contributed by atoms with Gasteiger partial charge in [-0.25, -0.2) is 9.79 Å². The van der Waals surface area contributed by atoms with Gasteiger partial charge in [-0.2, -0.15) is 0 Å². The second kappa shape index (κ2) is 9.47. The van der Waals surface area contributed by atoms with Crippen LogP contribution in [0.25, 0.3) is 0 Å². The number of ether oxygens (including phenoxy) is 3. The van der Waals surface area contributed by atoms with Crippen molar-refractivity contribution in [3.8, 4) is 17.2 Å². The standard InChI is InChI=1S/C27H27N3O4/c1-19-17-29(14-15-30(19)27(31)33-18-20-8-4-3-5-9-20)26-22-16-21(32-2)12-13-24(22)34-25-11-7-6-10-23(25)28-26/h3-13,16,19H,14-15,17-18H2,1-2H3. The van der Waals surface area contributed by atoms with Gasteiger partial charge in [0.1, 0.15) is 29.6 Å². The Labute approximate surface area is 199 Å². The highest BCUT2D eigenvalue weighted by molar-refractivity contribution is 6.04. The number of rotatable bonds is 3. The molecule has 0 spiro atoms. The average molecular weight is 458 g/mol. The number of aliphatic imine (C=N–C) groups is 1. The highest BCUT2D eigenvalue weighted by Gasteiger charge is 2.32. The van der Waals surface area contributed by atoms with E-state index in [1.807, 2.05) is 79.7 Å². The van der Waals surface area contributed by atoms with E-state index in [9.17, 15) is 4.79 Å². The lowest BCUT2D eigenvalue weighted by atomic mass is 10.1. The maximum atomic E-state index is 12.8. The van der Waals surface area contributed by atoms with Crippen LogP contribution in [0.15, 0.2) is 77.8 Å². The predicted molar refractivity (Wildman–Crippen MR) is 130 cm³/mol. The molecule has 7 nitrogen and oxygen atoms in total. The number of nitrogens with zero attached hydrogens (tertiary/aromatic N) is 3. The van der Waals surface area contributed by atoms with E-state index < -0.39 is 0 Å². The molecule has 2 aliphatic heterocycles. The molecule has 0 bridgehead atoms. The van der Waals surface area contributed by atoms with Gasteiger partial charge in [-0.05, 0) is 42.8 Å². The number of amidine groups is 1. The Morgan fingerprint density at radius 1 is 1.03 bits per heavy atom. The van der Waals surface area contributed by atoms with Crippen molar-refractivity contribution >= 4 is 17.6 Å². The summed E-state index contributed by atoms with van der Waals surface area (Å²) in [4.78, 5) is 21.8. The van der Waals surface area contributed by atoms with Crippen LogP contribution in [0.2, 0.25) is 0 Å². The van der Waals surface area contributed by atoms with Crippen molar-refractivity contribution in [3.05, 3.63) is 83.9 Å². The highest BCUT2D eigenvalue weighted by Crippen LogP contribution is 2.39. The van der Waals surface area contributed by atoms with Crippen molar-refractivity contribution in [1.82, 2.24) is 9.80 Å². The fourth-order valence-electron chi connectivity index (χ4n) is 4.29. The Bertz CT molecular complexity index is 1210. The van der Waals surface area contributed by atoms with Crippen LogP contribution in [0.1, 0.15) is 18.1 Å². The lowest BCUT2D eigenvalue weighted by Gasteiger charge is -2.40. The lowest BCUT2D eigenvalue weighted by Crippen LogP contribution is -2.55. The molecule has 5 rings (SSSR count).